The number of nitrogens with zero attached hydrogens (tertiary/aromatic N) is 2. The predicted octanol–water partition coefficient (Wildman–Crippen LogP) is 2.74. The third kappa shape index (κ3) is 4.69. The van der Waals surface area contributed by atoms with Gasteiger partial charge in [0.25, 0.3) is 11.5 Å². The fourth-order valence-corrected chi connectivity index (χ4v) is 2.86. The molecule has 0 aliphatic heterocycles. The number of benzene rings is 1. The van der Waals surface area contributed by atoms with Gasteiger partial charge in [0.1, 0.15) is 0 Å². The Morgan fingerprint density at radius 1 is 1.27 bits per heavy atom. The highest BCUT2D eigenvalue weighted by Crippen LogP contribution is 2.28. The third-order valence-corrected chi connectivity index (χ3v) is 4.61. The maximum atomic E-state index is 12.6. The molecule has 0 spiro atoms. The summed E-state index contributed by atoms with van der Waals surface area (Å²) >= 11 is 0. The van der Waals surface area contributed by atoms with E-state index >= 15 is 0 Å². The minimum atomic E-state index is -0.242. The van der Waals surface area contributed by atoms with Crippen molar-refractivity contribution < 1.29 is 9.53 Å². The van der Waals surface area contributed by atoms with Crippen LogP contribution < -0.4 is 10.9 Å². The van der Waals surface area contributed by atoms with Gasteiger partial charge in [0, 0.05) is 31.7 Å². The lowest BCUT2D eigenvalue weighted by Gasteiger charge is -2.11. The SMILES string of the molecule is CCCCn1nc(C(=O)NCCCOCC2CC2)c2ccccc2c1=O. The molecule has 1 saturated carbocycles. The number of unbranched alkanes of at least 4 members (excludes halogenated alkanes) is 1. The summed E-state index contributed by atoms with van der Waals surface area (Å²) < 4.78 is 7.00. The third-order valence-electron chi connectivity index (χ3n) is 4.61. The Bertz CT molecular complexity index is 812. The number of rotatable bonds is 10. The Hall–Kier alpha value is -2.21. The van der Waals surface area contributed by atoms with E-state index in [0.29, 0.717) is 36.2 Å². The van der Waals surface area contributed by atoms with Crippen molar-refractivity contribution in [3.8, 4) is 0 Å². The van der Waals surface area contributed by atoms with Gasteiger partial charge in [-0.1, -0.05) is 31.5 Å². The Labute approximate surface area is 153 Å². The first-order valence-corrected chi connectivity index (χ1v) is 9.56. The van der Waals surface area contributed by atoms with Crippen molar-refractivity contribution in [2.75, 3.05) is 19.8 Å². The monoisotopic (exact) mass is 357 g/mol. The highest BCUT2D eigenvalue weighted by molar-refractivity contribution is 6.04. The maximum absolute atomic E-state index is 12.6. The summed E-state index contributed by atoms with van der Waals surface area (Å²) in [4.78, 5) is 25.2. The van der Waals surface area contributed by atoms with Crippen LogP contribution >= 0.6 is 0 Å². The fourth-order valence-electron chi connectivity index (χ4n) is 2.86. The van der Waals surface area contributed by atoms with Crippen molar-refractivity contribution >= 4 is 16.7 Å². The van der Waals surface area contributed by atoms with E-state index in [4.69, 9.17) is 4.74 Å². The lowest BCUT2D eigenvalue weighted by atomic mass is 10.1. The molecule has 1 aromatic heterocycles. The topological polar surface area (TPSA) is 73.2 Å². The number of carbonyl (C=O) groups excluding carboxylic acids is 1. The van der Waals surface area contributed by atoms with E-state index in [1.54, 1.807) is 12.1 Å². The number of hydrogen-bond acceptors (Lipinski definition) is 4. The predicted molar refractivity (Wildman–Crippen MR) is 101 cm³/mol. The summed E-state index contributed by atoms with van der Waals surface area (Å²) in [5.74, 6) is 0.512. The molecular weight excluding hydrogens is 330 g/mol. The largest absolute Gasteiger partial charge is 0.381 e. The molecule has 1 aliphatic rings. The number of carbonyl (C=O) groups is 1. The lowest BCUT2D eigenvalue weighted by molar-refractivity contribution is 0.0932. The molecule has 1 heterocycles. The number of aromatic nitrogens is 2. The molecule has 6 heteroatoms. The summed E-state index contributed by atoms with van der Waals surface area (Å²) in [5.41, 5.74) is 0.175. The number of ether oxygens (including phenoxy) is 1. The zero-order valence-corrected chi connectivity index (χ0v) is 15.4. The summed E-state index contributed by atoms with van der Waals surface area (Å²) in [6.07, 6.45) is 5.15. The quantitative estimate of drug-likeness (QED) is 0.664. The average Bonchev–Trinajstić information content (AvgIpc) is 3.48. The van der Waals surface area contributed by atoms with Gasteiger partial charge in [0.2, 0.25) is 0 Å². The minimum absolute atomic E-state index is 0.140. The molecule has 140 valence electrons. The first kappa shape index (κ1) is 18.6. The Kier molecular flexibility index (Phi) is 6.39. The Morgan fingerprint density at radius 2 is 2.04 bits per heavy atom. The highest BCUT2D eigenvalue weighted by Gasteiger charge is 2.21. The van der Waals surface area contributed by atoms with Gasteiger partial charge in [-0.25, -0.2) is 4.68 Å². The van der Waals surface area contributed by atoms with Gasteiger partial charge >= 0.3 is 0 Å². The number of amides is 1. The maximum Gasteiger partial charge on any atom is 0.274 e. The van der Waals surface area contributed by atoms with Gasteiger partial charge in [-0.05, 0) is 37.7 Å². The normalized spacial score (nSPS) is 13.9. The molecule has 26 heavy (non-hydrogen) atoms. The minimum Gasteiger partial charge on any atom is -0.381 e. The Balaban J connectivity index is 1.67. The van der Waals surface area contributed by atoms with Crippen molar-refractivity contribution in [3.05, 3.63) is 40.3 Å². The van der Waals surface area contributed by atoms with E-state index < -0.39 is 0 Å². The van der Waals surface area contributed by atoms with E-state index in [0.717, 1.165) is 31.8 Å². The molecule has 0 bridgehead atoms. The second-order valence-corrected chi connectivity index (χ2v) is 6.90. The van der Waals surface area contributed by atoms with Gasteiger partial charge < -0.3 is 10.1 Å². The number of aryl methyl sites for hydroxylation is 1. The van der Waals surface area contributed by atoms with Gasteiger partial charge in [-0.15, -0.1) is 0 Å². The number of fused-ring (bicyclic) bond motifs is 1. The molecule has 0 radical (unpaired) electrons. The zero-order valence-electron chi connectivity index (χ0n) is 15.4. The summed E-state index contributed by atoms with van der Waals surface area (Å²) in [5, 5.41) is 8.39. The van der Waals surface area contributed by atoms with Crippen LogP contribution in [0.15, 0.2) is 29.1 Å². The van der Waals surface area contributed by atoms with E-state index in [-0.39, 0.29) is 11.5 Å². The summed E-state index contributed by atoms with van der Waals surface area (Å²) in [6.45, 7) is 4.61. The molecule has 1 N–H and O–H groups in total. The molecule has 0 unspecified atom stereocenters. The van der Waals surface area contributed by atoms with Gasteiger partial charge in [0.15, 0.2) is 5.69 Å². The van der Waals surface area contributed by atoms with Crippen LogP contribution in [0.2, 0.25) is 0 Å². The Morgan fingerprint density at radius 3 is 2.77 bits per heavy atom. The molecular formula is C20H27N3O3. The van der Waals surface area contributed by atoms with Crippen molar-refractivity contribution in [1.29, 1.82) is 0 Å². The van der Waals surface area contributed by atoms with Crippen molar-refractivity contribution in [1.82, 2.24) is 15.1 Å². The van der Waals surface area contributed by atoms with E-state index in [1.807, 2.05) is 12.1 Å². The van der Waals surface area contributed by atoms with Crippen LogP contribution in [0.1, 0.15) is 49.5 Å². The van der Waals surface area contributed by atoms with Gasteiger partial charge in [-0.2, -0.15) is 5.10 Å². The zero-order chi connectivity index (χ0) is 18.4. The van der Waals surface area contributed by atoms with Crippen LogP contribution in [0.3, 0.4) is 0 Å². The molecule has 2 aromatic rings. The van der Waals surface area contributed by atoms with E-state index in [2.05, 4.69) is 17.3 Å². The van der Waals surface area contributed by atoms with E-state index in [9.17, 15) is 9.59 Å². The first-order chi connectivity index (χ1) is 12.7. The molecule has 1 aromatic carbocycles. The van der Waals surface area contributed by atoms with Crippen molar-refractivity contribution in [3.63, 3.8) is 0 Å². The first-order valence-electron chi connectivity index (χ1n) is 9.56. The van der Waals surface area contributed by atoms with Crippen LogP contribution in [-0.4, -0.2) is 35.4 Å². The highest BCUT2D eigenvalue weighted by atomic mass is 16.5. The van der Waals surface area contributed by atoms with Crippen LogP contribution in [-0.2, 0) is 11.3 Å². The van der Waals surface area contributed by atoms with E-state index in [1.165, 1.54) is 17.5 Å². The summed E-state index contributed by atoms with van der Waals surface area (Å²) in [7, 11) is 0. The second-order valence-electron chi connectivity index (χ2n) is 6.90. The van der Waals surface area contributed by atoms with Crippen LogP contribution in [0.5, 0.6) is 0 Å². The molecule has 6 nitrogen and oxygen atoms in total. The van der Waals surface area contributed by atoms with Crippen LogP contribution in [0.25, 0.3) is 10.8 Å². The number of hydrogen-bond donors (Lipinski definition) is 1. The van der Waals surface area contributed by atoms with Gasteiger partial charge in [-0.3, -0.25) is 9.59 Å². The molecule has 0 saturated heterocycles. The van der Waals surface area contributed by atoms with Gasteiger partial charge in [0.05, 0.1) is 5.39 Å². The molecule has 1 amide bonds. The van der Waals surface area contributed by atoms with Crippen LogP contribution in [0, 0.1) is 5.92 Å². The van der Waals surface area contributed by atoms with Crippen molar-refractivity contribution in [2.45, 2.75) is 45.6 Å². The number of nitrogens with one attached hydrogen (secondary N) is 1. The van der Waals surface area contributed by atoms with Crippen molar-refractivity contribution in [2.24, 2.45) is 5.92 Å². The molecule has 3 rings (SSSR count). The lowest BCUT2D eigenvalue weighted by Crippen LogP contribution is -2.31. The molecule has 0 atom stereocenters. The fraction of sp³-hybridized carbons (Fsp3) is 0.550. The average molecular weight is 357 g/mol. The smallest absolute Gasteiger partial charge is 0.274 e. The molecule has 1 aliphatic carbocycles. The second kappa shape index (κ2) is 8.94. The van der Waals surface area contributed by atoms with Crippen LogP contribution in [0.4, 0.5) is 0 Å². The molecule has 1 fully saturated rings. The summed E-state index contributed by atoms with van der Waals surface area (Å²) in [6, 6.07) is 7.17. The standard InChI is InChI=1S/C20H27N3O3/c1-2-3-12-23-20(25)17-8-5-4-7-16(17)18(22-23)19(24)21-11-6-13-26-14-15-9-10-15/h4-5,7-8,15H,2-3,6,9-14H2,1H3,(H,21,24).